The van der Waals surface area contributed by atoms with Crippen molar-refractivity contribution in [1.29, 1.82) is 0 Å². The molecule has 2 saturated carbocycles. The van der Waals surface area contributed by atoms with Gasteiger partial charge in [-0.25, -0.2) is 4.99 Å². The smallest absolute Gasteiger partial charge is 0.191 e. The summed E-state index contributed by atoms with van der Waals surface area (Å²) in [5, 5.41) is 6.77. The van der Waals surface area contributed by atoms with Crippen LogP contribution in [0.2, 0.25) is 0 Å². The number of hydrogen-bond acceptors (Lipinski definition) is 2. The number of ether oxygens (including phenoxy) is 1. The second kappa shape index (κ2) is 9.49. The first-order valence-corrected chi connectivity index (χ1v) is 8.99. The number of benzene rings is 1. The van der Waals surface area contributed by atoms with E-state index in [-0.39, 0.29) is 24.0 Å². The molecule has 3 rings (SSSR count). The molecule has 1 aromatic rings. The summed E-state index contributed by atoms with van der Waals surface area (Å²) in [6.45, 7) is 7.63. The molecule has 0 spiro atoms. The van der Waals surface area contributed by atoms with Gasteiger partial charge in [-0.05, 0) is 63.0 Å². The van der Waals surface area contributed by atoms with Crippen LogP contribution in [0.25, 0.3) is 0 Å². The third-order valence-electron chi connectivity index (χ3n) is 4.40. The third-order valence-corrected chi connectivity index (χ3v) is 4.40. The Kier molecular flexibility index (Phi) is 7.65. The van der Waals surface area contributed by atoms with E-state index in [0.717, 1.165) is 43.2 Å². The summed E-state index contributed by atoms with van der Waals surface area (Å²) in [4.78, 5) is 4.73. The summed E-state index contributed by atoms with van der Waals surface area (Å²) in [7, 11) is 0. The Balaban J connectivity index is 0.00000208. The van der Waals surface area contributed by atoms with Crippen molar-refractivity contribution in [1.82, 2.24) is 10.6 Å². The monoisotopic (exact) mass is 443 g/mol. The standard InChI is InChI=1S/C19H29N3O.HI/c1-3-20-19(21-11-15-5-6-15)22-12-17-9-4-14(2)10-18(17)23-13-16-7-8-16;/h4,9-10,15-16H,3,5-8,11-13H2,1-2H3,(H2,20,21,22);1H. The normalized spacial score (nSPS) is 17.2. The number of nitrogens with zero attached hydrogens (tertiary/aromatic N) is 1. The molecule has 2 aliphatic carbocycles. The van der Waals surface area contributed by atoms with Crippen LogP contribution in [0, 0.1) is 18.8 Å². The Bertz CT molecular complexity index is 554. The van der Waals surface area contributed by atoms with E-state index in [1.807, 2.05) is 0 Å². The van der Waals surface area contributed by atoms with Crippen molar-refractivity contribution in [3.8, 4) is 5.75 Å². The van der Waals surface area contributed by atoms with Crippen LogP contribution in [0.4, 0.5) is 0 Å². The fourth-order valence-corrected chi connectivity index (χ4v) is 2.49. The van der Waals surface area contributed by atoms with Crippen LogP contribution >= 0.6 is 24.0 Å². The summed E-state index contributed by atoms with van der Waals surface area (Å²) >= 11 is 0. The minimum atomic E-state index is 0. The largest absolute Gasteiger partial charge is 0.493 e. The van der Waals surface area contributed by atoms with Crippen LogP contribution in [0.15, 0.2) is 23.2 Å². The number of halogens is 1. The first-order chi connectivity index (χ1) is 11.2. The zero-order valence-electron chi connectivity index (χ0n) is 14.8. The molecule has 1 aromatic carbocycles. The number of aryl methyl sites for hydroxylation is 1. The molecule has 0 amide bonds. The quantitative estimate of drug-likeness (QED) is 0.364. The van der Waals surface area contributed by atoms with Gasteiger partial charge in [-0.3, -0.25) is 0 Å². The van der Waals surface area contributed by atoms with E-state index in [4.69, 9.17) is 9.73 Å². The predicted molar refractivity (Wildman–Crippen MR) is 110 cm³/mol. The van der Waals surface area contributed by atoms with Crippen molar-refractivity contribution in [2.24, 2.45) is 16.8 Å². The minimum Gasteiger partial charge on any atom is -0.493 e. The van der Waals surface area contributed by atoms with Gasteiger partial charge in [0.05, 0.1) is 13.2 Å². The average Bonchev–Trinajstić information content (AvgIpc) is 3.44. The Labute approximate surface area is 162 Å². The lowest BCUT2D eigenvalue weighted by molar-refractivity contribution is 0.296. The molecule has 0 radical (unpaired) electrons. The molecule has 2 N–H and O–H groups in total. The minimum absolute atomic E-state index is 0. The van der Waals surface area contributed by atoms with Crippen molar-refractivity contribution >= 4 is 29.9 Å². The van der Waals surface area contributed by atoms with E-state index in [9.17, 15) is 0 Å². The fourth-order valence-electron chi connectivity index (χ4n) is 2.49. The van der Waals surface area contributed by atoms with Gasteiger partial charge in [0, 0.05) is 18.7 Å². The zero-order chi connectivity index (χ0) is 16.1. The summed E-state index contributed by atoms with van der Waals surface area (Å²) in [6, 6.07) is 6.42. The van der Waals surface area contributed by atoms with E-state index < -0.39 is 0 Å². The van der Waals surface area contributed by atoms with Crippen molar-refractivity contribution in [2.45, 2.75) is 46.1 Å². The second-order valence-corrected chi connectivity index (χ2v) is 6.88. The van der Waals surface area contributed by atoms with Gasteiger partial charge in [0.15, 0.2) is 5.96 Å². The summed E-state index contributed by atoms with van der Waals surface area (Å²) in [5.41, 5.74) is 2.40. The third kappa shape index (κ3) is 6.49. The summed E-state index contributed by atoms with van der Waals surface area (Å²) in [5.74, 6) is 3.52. The Hall–Kier alpha value is -0.980. The van der Waals surface area contributed by atoms with Gasteiger partial charge in [0.2, 0.25) is 0 Å². The average molecular weight is 443 g/mol. The van der Waals surface area contributed by atoms with Gasteiger partial charge in [-0.1, -0.05) is 12.1 Å². The topological polar surface area (TPSA) is 45.7 Å². The first kappa shape index (κ1) is 19.3. The molecular formula is C19H30IN3O. The number of nitrogens with one attached hydrogen (secondary N) is 2. The van der Waals surface area contributed by atoms with Crippen molar-refractivity contribution in [3.05, 3.63) is 29.3 Å². The van der Waals surface area contributed by atoms with Crippen molar-refractivity contribution in [3.63, 3.8) is 0 Å². The SMILES string of the molecule is CCNC(=NCc1ccc(C)cc1OCC1CC1)NCC1CC1.I. The number of guanidine groups is 1. The molecule has 0 saturated heterocycles. The summed E-state index contributed by atoms with van der Waals surface area (Å²) < 4.78 is 6.03. The predicted octanol–water partition coefficient (Wildman–Crippen LogP) is 3.87. The van der Waals surface area contributed by atoms with Crippen LogP contribution < -0.4 is 15.4 Å². The van der Waals surface area contributed by atoms with Gasteiger partial charge in [0.25, 0.3) is 0 Å². The van der Waals surface area contributed by atoms with Crippen LogP contribution in [0.3, 0.4) is 0 Å². The van der Waals surface area contributed by atoms with E-state index in [2.05, 4.69) is 42.7 Å². The number of aliphatic imine (C=N–C) groups is 1. The number of rotatable bonds is 8. The molecular weight excluding hydrogens is 413 g/mol. The molecule has 24 heavy (non-hydrogen) atoms. The zero-order valence-corrected chi connectivity index (χ0v) is 17.1. The van der Waals surface area contributed by atoms with Crippen molar-refractivity contribution < 1.29 is 4.74 Å². The van der Waals surface area contributed by atoms with Gasteiger partial charge in [-0.15, -0.1) is 24.0 Å². The van der Waals surface area contributed by atoms with Gasteiger partial charge in [-0.2, -0.15) is 0 Å². The lowest BCUT2D eigenvalue weighted by Gasteiger charge is -2.13. The highest BCUT2D eigenvalue weighted by molar-refractivity contribution is 14.0. The Morgan fingerprint density at radius 2 is 1.92 bits per heavy atom. The molecule has 5 heteroatoms. The molecule has 4 nitrogen and oxygen atoms in total. The lowest BCUT2D eigenvalue weighted by atomic mass is 10.1. The van der Waals surface area contributed by atoms with E-state index in [0.29, 0.717) is 6.54 Å². The molecule has 2 fully saturated rings. The molecule has 134 valence electrons. The van der Waals surface area contributed by atoms with Crippen LogP contribution in [0.5, 0.6) is 5.75 Å². The first-order valence-electron chi connectivity index (χ1n) is 8.99. The Morgan fingerprint density at radius 1 is 1.17 bits per heavy atom. The second-order valence-electron chi connectivity index (χ2n) is 6.88. The van der Waals surface area contributed by atoms with Crippen LogP contribution in [-0.2, 0) is 6.54 Å². The van der Waals surface area contributed by atoms with Gasteiger partial charge in [0.1, 0.15) is 5.75 Å². The molecule has 0 unspecified atom stereocenters. The van der Waals surface area contributed by atoms with E-state index >= 15 is 0 Å². The summed E-state index contributed by atoms with van der Waals surface area (Å²) in [6.07, 6.45) is 5.33. The number of hydrogen-bond donors (Lipinski definition) is 2. The fraction of sp³-hybridized carbons (Fsp3) is 0.632. The molecule has 0 aliphatic heterocycles. The van der Waals surface area contributed by atoms with Gasteiger partial charge >= 0.3 is 0 Å². The highest BCUT2D eigenvalue weighted by Crippen LogP contribution is 2.31. The molecule has 2 aliphatic rings. The van der Waals surface area contributed by atoms with Gasteiger partial charge < -0.3 is 15.4 Å². The van der Waals surface area contributed by atoms with Crippen molar-refractivity contribution in [2.75, 3.05) is 19.7 Å². The van der Waals surface area contributed by atoms with Crippen LogP contribution in [0.1, 0.15) is 43.7 Å². The maximum atomic E-state index is 6.03. The highest BCUT2D eigenvalue weighted by Gasteiger charge is 2.22. The molecule has 0 bridgehead atoms. The lowest BCUT2D eigenvalue weighted by Crippen LogP contribution is -2.38. The van der Waals surface area contributed by atoms with E-state index in [1.54, 1.807) is 0 Å². The highest BCUT2D eigenvalue weighted by atomic mass is 127. The Morgan fingerprint density at radius 3 is 2.58 bits per heavy atom. The van der Waals surface area contributed by atoms with Crippen LogP contribution in [-0.4, -0.2) is 25.7 Å². The van der Waals surface area contributed by atoms with E-state index in [1.165, 1.54) is 36.8 Å². The maximum absolute atomic E-state index is 6.03. The molecule has 0 heterocycles. The maximum Gasteiger partial charge on any atom is 0.191 e. The molecule has 0 atom stereocenters. The molecule has 0 aromatic heterocycles.